The van der Waals surface area contributed by atoms with Crippen LogP contribution >= 0.6 is 11.6 Å². The third kappa shape index (κ3) is 4.96. The fourth-order valence-corrected chi connectivity index (χ4v) is 2.78. The van der Waals surface area contributed by atoms with E-state index in [0.29, 0.717) is 17.3 Å². The van der Waals surface area contributed by atoms with E-state index in [2.05, 4.69) is 4.72 Å². The first kappa shape index (κ1) is 15.5. The summed E-state index contributed by atoms with van der Waals surface area (Å²) in [4.78, 5) is 0.327. The van der Waals surface area contributed by atoms with Crippen molar-refractivity contribution in [1.29, 1.82) is 0 Å². The molecule has 0 saturated carbocycles. The van der Waals surface area contributed by atoms with E-state index in [-0.39, 0.29) is 0 Å². The summed E-state index contributed by atoms with van der Waals surface area (Å²) >= 11 is 5.62. The maximum Gasteiger partial charge on any atom is 0.240 e. The molecule has 0 heterocycles. The zero-order valence-corrected chi connectivity index (χ0v) is 12.2. The van der Waals surface area contributed by atoms with Crippen molar-refractivity contribution >= 4 is 21.6 Å². The van der Waals surface area contributed by atoms with Gasteiger partial charge in [-0.15, -0.1) is 11.6 Å². The van der Waals surface area contributed by atoms with Crippen LogP contribution in [0.3, 0.4) is 0 Å². The van der Waals surface area contributed by atoms with Gasteiger partial charge in [0.15, 0.2) is 0 Å². The summed E-state index contributed by atoms with van der Waals surface area (Å²) in [6.45, 7) is 2.52. The van der Waals surface area contributed by atoms with Gasteiger partial charge in [0.1, 0.15) is 0 Å². The lowest BCUT2D eigenvalue weighted by atomic mass is 10.1. The molecule has 0 aliphatic heterocycles. The normalized spacial score (nSPS) is 11.7. The molecule has 102 valence electrons. The molecule has 0 fully saturated rings. The van der Waals surface area contributed by atoms with Crippen LogP contribution in [-0.2, 0) is 16.4 Å². The summed E-state index contributed by atoms with van der Waals surface area (Å²) in [5.74, 6) is 0.624. The van der Waals surface area contributed by atoms with Crippen molar-refractivity contribution in [2.45, 2.75) is 37.5 Å². The highest BCUT2D eigenvalue weighted by Gasteiger charge is 2.12. The summed E-state index contributed by atoms with van der Waals surface area (Å²) in [5.41, 5.74) is 1.11. The van der Waals surface area contributed by atoms with Crippen LogP contribution in [0.25, 0.3) is 0 Å². The summed E-state index contributed by atoms with van der Waals surface area (Å²) in [6, 6.07) is 7.00. The smallest absolute Gasteiger partial charge is 0.211 e. The third-order valence-electron chi connectivity index (χ3n) is 2.66. The molecule has 0 atom stereocenters. The summed E-state index contributed by atoms with van der Waals surface area (Å²) in [7, 11) is -3.35. The van der Waals surface area contributed by atoms with Crippen molar-refractivity contribution in [2.24, 2.45) is 0 Å². The van der Waals surface area contributed by atoms with Gasteiger partial charge in [0, 0.05) is 12.4 Å². The first-order valence-electron chi connectivity index (χ1n) is 6.24. The van der Waals surface area contributed by atoms with Crippen molar-refractivity contribution in [3.8, 4) is 0 Å². The molecule has 1 N–H and O–H groups in total. The Hall–Kier alpha value is -0.580. The van der Waals surface area contributed by atoms with E-state index in [1.54, 1.807) is 12.1 Å². The van der Waals surface area contributed by atoms with Gasteiger partial charge in [-0.25, -0.2) is 13.1 Å². The molecule has 0 aliphatic rings. The molecule has 1 aromatic rings. The van der Waals surface area contributed by atoms with Crippen LogP contribution in [0.4, 0.5) is 0 Å². The Morgan fingerprint density at radius 3 is 2.39 bits per heavy atom. The number of benzene rings is 1. The fourth-order valence-electron chi connectivity index (χ4n) is 1.57. The molecule has 3 nitrogen and oxygen atoms in total. The maximum atomic E-state index is 11.9. The second-order valence-corrected chi connectivity index (χ2v) is 6.33. The quantitative estimate of drug-likeness (QED) is 0.591. The topological polar surface area (TPSA) is 46.2 Å². The van der Waals surface area contributed by atoms with Gasteiger partial charge in [0.25, 0.3) is 0 Å². The average molecular weight is 290 g/mol. The van der Waals surface area contributed by atoms with Gasteiger partial charge in [-0.3, -0.25) is 0 Å². The van der Waals surface area contributed by atoms with Crippen molar-refractivity contribution in [2.75, 3.05) is 12.4 Å². The summed E-state index contributed by atoms with van der Waals surface area (Å²) in [5, 5.41) is 0. The third-order valence-corrected chi connectivity index (χ3v) is 4.40. The van der Waals surface area contributed by atoms with Gasteiger partial charge in [0.05, 0.1) is 4.90 Å². The van der Waals surface area contributed by atoms with E-state index in [1.165, 1.54) is 0 Å². The lowest BCUT2D eigenvalue weighted by Gasteiger charge is -2.07. The van der Waals surface area contributed by atoms with E-state index >= 15 is 0 Å². The predicted molar refractivity (Wildman–Crippen MR) is 75.6 cm³/mol. The van der Waals surface area contributed by atoms with Gasteiger partial charge in [-0.05, 0) is 37.0 Å². The number of aryl methyl sites for hydroxylation is 1. The highest BCUT2D eigenvalue weighted by molar-refractivity contribution is 7.89. The molecule has 5 heteroatoms. The number of rotatable bonds is 8. The van der Waals surface area contributed by atoms with Crippen LogP contribution in [0.1, 0.15) is 31.7 Å². The first-order chi connectivity index (χ1) is 8.60. The Morgan fingerprint density at radius 2 is 1.83 bits per heavy atom. The van der Waals surface area contributed by atoms with E-state index < -0.39 is 10.0 Å². The van der Waals surface area contributed by atoms with Crippen molar-refractivity contribution in [3.05, 3.63) is 29.8 Å². The number of hydrogen-bond acceptors (Lipinski definition) is 2. The zero-order valence-electron chi connectivity index (χ0n) is 10.7. The van der Waals surface area contributed by atoms with Crippen LogP contribution in [0.2, 0.25) is 0 Å². The number of hydrogen-bond donors (Lipinski definition) is 1. The van der Waals surface area contributed by atoms with Gasteiger partial charge in [-0.2, -0.15) is 0 Å². The first-order valence-corrected chi connectivity index (χ1v) is 8.26. The van der Waals surface area contributed by atoms with Gasteiger partial charge in [-0.1, -0.05) is 25.5 Å². The molecule has 0 spiro atoms. The molecular formula is C13H20ClNO2S. The Bertz CT molecular complexity index is 443. The molecule has 0 saturated heterocycles. The van der Waals surface area contributed by atoms with Gasteiger partial charge >= 0.3 is 0 Å². The number of alkyl halides is 1. The largest absolute Gasteiger partial charge is 0.240 e. The van der Waals surface area contributed by atoms with Gasteiger partial charge < -0.3 is 0 Å². The molecule has 0 aliphatic carbocycles. The highest BCUT2D eigenvalue weighted by atomic mass is 35.5. The molecule has 1 rings (SSSR count). The molecule has 0 aromatic heterocycles. The van der Waals surface area contributed by atoms with E-state index in [4.69, 9.17) is 11.6 Å². The van der Waals surface area contributed by atoms with E-state index in [9.17, 15) is 8.42 Å². The van der Waals surface area contributed by atoms with Crippen molar-refractivity contribution < 1.29 is 8.42 Å². The second kappa shape index (κ2) is 7.77. The van der Waals surface area contributed by atoms with Crippen molar-refractivity contribution in [1.82, 2.24) is 4.72 Å². The minimum atomic E-state index is -3.35. The number of unbranched alkanes of at least 4 members (excludes halogenated alkanes) is 1. The van der Waals surface area contributed by atoms with Gasteiger partial charge in [0.2, 0.25) is 10.0 Å². The number of nitrogens with one attached hydrogen (secondary N) is 1. The van der Waals surface area contributed by atoms with Crippen LogP contribution in [0.15, 0.2) is 29.2 Å². The number of sulfonamides is 1. The Balaban J connectivity index is 2.65. The SMILES string of the molecule is CCCCNS(=O)(=O)c1ccc(CCCCl)cc1. The molecule has 0 amide bonds. The maximum absolute atomic E-state index is 11.9. The molecule has 0 radical (unpaired) electrons. The lowest BCUT2D eigenvalue weighted by Crippen LogP contribution is -2.24. The van der Waals surface area contributed by atoms with Crippen LogP contribution in [-0.4, -0.2) is 20.8 Å². The Labute approximate surface area is 115 Å². The standard InChI is InChI=1S/C13H20ClNO2S/c1-2-3-11-15-18(16,17)13-8-6-12(7-9-13)5-4-10-14/h6-9,15H,2-5,10-11H2,1H3. The predicted octanol–water partition coefficient (Wildman–Crippen LogP) is 2.94. The van der Waals surface area contributed by atoms with Crippen LogP contribution in [0.5, 0.6) is 0 Å². The minimum absolute atomic E-state index is 0.327. The Morgan fingerprint density at radius 1 is 1.17 bits per heavy atom. The van der Waals surface area contributed by atoms with E-state index in [0.717, 1.165) is 31.2 Å². The number of halogens is 1. The van der Waals surface area contributed by atoms with Crippen molar-refractivity contribution in [3.63, 3.8) is 0 Å². The van der Waals surface area contributed by atoms with Crippen LogP contribution in [0, 0.1) is 0 Å². The Kier molecular flexibility index (Phi) is 6.68. The molecule has 0 unspecified atom stereocenters. The molecule has 0 bridgehead atoms. The van der Waals surface area contributed by atoms with Crippen LogP contribution < -0.4 is 4.72 Å². The fraction of sp³-hybridized carbons (Fsp3) is 0.538. The lowest BCUT2D eigenvalue weighted by molar-refractivity contribution is 0.578. The molecule has 18 heavy (non-hydrogen) atoms. The summed E-state index contributed by atoms with van der Waals surface area (Å²) < 4.78 is 26.4. The monoisotopic (exact) mass is 289 g/mol. The van der Waals surface area contributed by atoms with E-state index in [1.807, 2.05) is 19.1 Å². The zero-order chi connectivity index (χ0) is 13.4. The highest BCUT2D eigenvalue weighted by Crippen LogP contribution is 2.12. The second-order valence-electron chi connectivity index (χ2n) is 4.19. The summed E-state index contributed by atoms with van der Waals surface area (Å²) in [6.07, 6.45) is 3.61. The molecular weight excluding hydrogens is 270 g/mol. The molecule has 1 aromatic carbocycles. The minimum Gasteiger partial charge on any atom is -0.211 e. The average Bonchev–Trinajstić information content (AvgIpc) is 2.37.